The molecule has 2 atom stereocenters. The normalized spacial score (nSPS) is 19.6. The molecule has 2 saturated heterocycles. The van der Waals surface area contributed by atoms with E-state index in [2.05, 4.69) is 24.1 Å². The van der Waals surface area contributed by atoms with E-state index in [0.717, 1.165) is 50.4 Å². The van der Waals surface area contributed by atoms with Crippen LogP contribution in [0.1, 0.15) is 78.0 Å². The molecule has 1 aromatic carbocycles. The van der Waals surface area contributed by atoms with Gasteiger partial charge in [0.15, 0.2) is 0 Å². The average Bonchev–Trinajstić information content (AvgIpc) is 3.53. The van der Waals surface area contributed by atoms with Crippen molar-refractivity contribution in [1.82, 2.24) is 15.1 Å². The van der Waals surface area contributed by atoms with Gasteiger partial charge in [-0.3, -0.25) is 14.4 Å². The molecule has 2 unspecified atom stereocenters. The van der Waals surface area contributed by atoms with E-state index in [1.54, 1.807) is 17.0 Å². The molecule has 4 rings (SSSR count). The molecular weight excluding hydrogens is 507 g/mol. The summed E-state index contributed by atoms with van der Waals surface area (Å²) >= 11 is 1.23. The average molecular weight is 549 g/mol. The molecule has 39 heavy (non-hydrogen) atoms. The van der Waals surface area contributed by atoms with Gasteiger partial charge in [-0.25, -0.2) is 0 Å². The SMILES string of the molecule is [B]c1ccc(C(=O)NC2CC(=O)N(c3ccc(C(=O)N4CCCC(CCCCN(CC)CC)C4)c(C)c3)C2)s1. The lowest BCUT2D eigenvalue weighted by atomic mass is 9.92. The largest absolute Gasteiger partial charge is 0.346 e. The maximum atomic E-state index is 13.5. The van der Waals surface area contributed by atoms with Crippen LogP contribution in [0.5, 0.6) is 0 Å². The minimum Gasteiger partial charge on any atom is -0.346 e. The number of unbranched alkanes of at least 4 members (excludes halogenated alkanes) is 1. The van der Waals surface area contributed by atoms with Crippen molar-refractivity contribution in [2.24, 2.45) is 5.92 Å². The summed E-state index contributed by atoms with van der Waals surface area (Å²) in [4.78, 5) is 45.5. The van der Waals surface area contributed by atoms with E-state index in [-0.39, 0.29) is 30.2 Å². The summed E-state index contributed by atoms with van der Waals surface area (Å²) in [6.07, 6.45) is 6.10. The first-order chi connectivity index (χ1) is 18.8. The summed E-state index contributed by atoms with van der Waals surface area (Å²) in [5.41, 5.74) is 2.33. The quantitative estimate of drug-likeness (QED) is 0.343. The van der Waals surface area contributed by atoms with Gasteiger partial charge in [-0.15, -0.1) is 11.3 Å². The van der Waals surface area contributed by atoms with Crippen molar-refractivity contribution in [1.29, 1.82) is 0 Å². The Morgan fingerprint density at radius 2 is 1.92 bits per heavy atom. The Bertz CT molecular complexity index is 1160. The number of carbonyl (C=O) groups is 3. The molecule has 208 valence electrons. The van der Waals surface area contributed by atoms with Crippen LogP contribution in [0.25, 0.3) is 0 Å². The number of nitrogens with zero attached hydrogens (tertiary/aromatic N) is 3. The Labute approximate surface area is 238 Å². The van der Waals surface area contributed by atoms with Crippen molar-refractivity contribution in [3.8, 4) is 0 Å². The molecule has 1 aromatic heterocycles. The maximum absolute atomic E-state index is 13.5. The molecule has 9 heteroatoms. The summed E-state index contributed by atoms with van der Waals surface area (Å²) in [5.74, 6) is 0.403. The van der Waals surface area contributed by atoms with Crippen molar-refractivity contribution in [3.63, 3.8) is 0 Å². The molecule has 2 aromatic rings. The van der Waals surface area contributed by atoms with Gasteiger partial charge in [0.25, 0.3) is 11.8 Å². The number of rotatable bonds is 11. The second-order valence-corrected chi connectivity index (χ2v) is 12.0. The standard InChI is InChI=1S/C30H41BN4O3S/c1-4-33(5-2)15-7-6-9-22-10-8-16-34(19-22)30(38)25-12-11-24(17-21(25)3)35-20-23(18-28(35)36)32-29(37)26-13-14-27(31)39-26/h11-14,17,22-23H,4-10,15-16,18-20H2,1-3H3,(H,32,37). The predicted octanol–water partition coefficient (Wildman–Crippen LogP) is 3.75. The number of piperidine rings is 1. The predicted molar refractivity (Wildman–Crippen MR) is 159 cm³/mol. The molecule has 3 heterocycles. The zero-order valence-electron chi connectivity index (χ0n) is 23.6. The fourth-order valence-corrected chi connectivity index (χ4v) is 6.48. The third-order valence-corrected chi connectivity index (χ3v) is 9.01. The highest BCUT2D eigenvalue weighted by Gasteiger charge is 2.33. The number of hydrogen-bond donors (Lipinski definition) is 1. The van der Waals surface area contributed by atoms with Gasteiger partial charge in [0, 0.05) is 37.3 Å². The van der Waals surface area contributed by atoms with E-state index >= 15 is 0 Å². The fourth-order valence-electron chi connectivity index (χ4n) is 5.80. The summed E-state index contributed by atoms with van der Waals surface area (Å²) in [5, 5.41) is 2.95. The monoisotopic (exact) mass is 548 g/mol. The number of aryl methyl sites for hydroxylation is 1. The topological polar surface area (TPSA) is 73.0 Å². The van der Waals surface area contributed by atoms with Crippen molar-refractivity contribution < 1.29 is 14.4 Å². The van der Waals surface area contributed by atoms with Crippen LogP contribution in [0.4, 0.5) is 5.69 Å². The second-order valence-electron chi connectivity index (χ2n) is 10.9. The zero-order chi connectivity index (χ0) is 27.9. The Morgan fingerprint density at radius 1 is 1.13 bits per heavy atom. The summed E-state index contributed by atoms with van der Waals surface area (Å²) in [6.45, 7) is 11.8. The van der Waals surface area contributed by atoms with Crippen LogP contribution in [0.15, 0.2) is 30.3 Å². The van der Waals surface area contributed by atoms with Crippen LogP contribution >= 0.6 is 11.3 Å². The molecule has 0 aliphatic carbocycles. The van der Waals surface area contributed by atoms with Gasteiger partial charge in [-0.2, -0.15) is 0 Å². The lowest BCUT2D eigenvalue weighted by molar-refractivity contribution is -0.117. The van der Waals surface area contributed by atoms with Crippen LogP contribution in [-0.2, 0) is 4.79 Å². The highest BCUT2D eigenvalue weighted by molar-refractivity contribution is 7.21. The van der Waals surface area contributed by atoms with Gasteiger partial charge in [-0.1, -0.05) is 26.3 Å². The summed E-state index contributed by atoms with van der Waals surface area (Å²) in [6, 6.07) is 8.76. The van der Waals surface area contributed by atoms with Crippen LogP contribution < -0.4 is 15.0 Å². The van der Waals surface area contributed by atoms with E-state index in [0.29, 0.717) is 27.7 Å². The van der Waals surface area contributed by atoms with Crippen LogP contribution in [0.3, 0.4) is 0 Å². The molecule has 7 nitrogen and oxygen atoms in total. The van der Waals surface area contributed by atoms with E-state index in [9.17, 15) is 14.4 Å². The van der Waals surface area contributed by atoms with E-state index < -0.39 is 0 Å². The Kier molecular flexibility index (Phi) is 10.2. The number of nitrogens with one attached hydrogen (secondary N) is 1. The smallest absolute Gasteiger partial charge is 0.261 e. The Hall–Kier alpha value is -2.65. The molecule has 2 fully saturated rings. The van der Waals surface area contributed by atoms with Gasteiger partial charge in [0.2, 0.25) is 5.91 Å². The highest BCUT2D eigenvalue weighted by atomic mass is 32.1. The number of thiophene rings is 1. The molecule has 0 bridgehead atoms. The summed E-state index contributed by atoms with van der Waals surface area (Å²) < 4.78 is 0.584. The minimum absolute atomic E-state index is 0.0377. The number of likely N-dealkylation sites (tertiary alicyclic amines) is 1. The lowest BCUT2D eigenvalue weighted by Gasteiger charge is -2.33. The van der Waals surface area contributed by atoms with Gasteiger partial charge in [0.1, 0.15) is 7.85 Å². The maximum Gasteiger partial charge on any atom is 0.261 e. The molecule has 2 aliphatic rings. The van der Waals surface area contributed by atoms with E-state index in [1.807, 2.05) is 30.0 Å². The molecule has 2 aliphatic heterocycles. The third-order valence-electron chi connectivity index (χ3n) is 8.10. The molecule has 2 radical (unpaired) electrons. The molecule has 0 spiro atoms. The summed E-state index contributed by atoms with van der Waals surface area (Å²) in [7, 11) is 5.74. The number of hydrogen-bond acceptors (Lipinski definition) is 5. The Morgan fingerprint density at radius 3 is 2.62 bits per heavy atom. The number of benzene rings is 1. The first-order valence-electron chi connectivity index (χ1n) is 14.4. The van der Waals surface area contributed by atoms with Crippen LogP contribution in [0, 0.1) is 12.8 Å². The molecule has 0 saturated carbocycles. The van der Waals surface area contributed by atoms with Crippen molar-refractivity contribution in [3.05, 3.63) is 46.3 Å². The van der Waals surface area contributed by atoms with Crippen LogP contribution in [0.2, 0.25) is 0 Å². The van der Waals surface area contributed by atoms with Gasteiger partial charge < -0.3 is 20.0 Å². The first-order valence-corrected chi connectivity index (χ1v) is 15.2. The molecule has 3 amide bonds. The fraction of sp³-hybridized carbons (Fsp3) is 0.567. The lowest BCUT2D eigenvalue weighted by Crippen LogP contribution is -2.40. The Balaban J connectivity index is 1.31. The van der Waals surface area contributed by atoms with Crippen molar-refractivity contribution in [2.75, 3.05) is 44.2 Å². The first kappa shape index (κ1) is 29.3. The highest BCUT2D eigenvalue weighted by Crippen LogP contribution is 2.27. The minimum atomic E-state index is -0.271. The third kappa shape index (κ3) is 7.51. The van der Waals surface area contributed by atoms with Crippen LogP contribution in [-0.4, -0.2) is 80.7 Å². The number of amides is 3. The van der Waals surface area contributed by atoms with Gasteiger partial charge >= 0.3 is 0 Å². The molecule has 1 N–H and O–H groups in total. The van der Waals surface area contributed by atoms with E-state index in [4.69, 9.17) is 7.85 Å². The number of anilines is 1. The van der Waals surface area contributed by atoms with Crippen molar-refractivity contribution >= 4 is 47.4 Å². The van der Waals surface area contributed by atoms with Gasteiger partial charge in [0.05, 0.1) is 10.9 Å². The van der Waals surface area contributed by atoms with Gasteiger partial charge in [-0.05, 0) is 92.8 Å². The second kappa shape index (κ2) is 13.6. The van der Waals surface area contributed by atoms with Crippen molar-refractivity contribution in [2.45, 2.75) is 65.3 Å². The zero-order valence-corrected chi connectivity index (χ0v) is 24.4. The number of carbonyl (C=O) groups excluding carboxylic acids is 3. The van der Waals surface area contributed by atoms with E-state index in [1.165, 1.54) is 37.0 Å². The molecular formula is C30H41BN4O3S.